The van der Waals surface area contributed by atoms with Gasteiger partial charge >= 0.3 is 235 Å². The molecule has 7 heteroatoms. The van der Waals surface area contributed by atoms with Gasteiger partial charge < -0.3 is 0 Å². The molecule has 3 N–H and O–H groups in total. The number of carbonyl (C=O) groups is 1. The van der Waals surface area contributed by atoms with Crippen molar-refractivity contribution < 1.29 is 9.53 Å². The number of nitrogens with one attached hydrogen (secondary N) is 1. The number of benzene rings is 2. The Morgan fingerprint density at radius 1 is 0.949 bits per heavy atom. The van der Waals surface area contributed by atoms with E-state index in [0.717, 1.165) is 42.8 Å². The van der Waals surface area contributed by atoms with Crippen LogP contribution in [-0.4, -0.2) is 74.2 Å². The number of morpholine rings is 1. The van der Waals surface area contributed by atoms with Crippen molar-refractivity contribution in [3.63, 3.8) is 0 Å². The van der Waals surface area contributed by atoms with Crippen LogP contribution in [0.25, 0.3) is 0 Å². The van der Waals surface area contributed by atoms with E-state index in [-0.39, 0.29) is 23.7 Å². The standard InChI is InChI=1S/C32H45BN4O2/c1-23-20-36(21-24(2)39-23)27-12-9-25(10-13-27)30(33)28-19-26(11-14-29(28)34)31(38)35-22-32(15-5-3-6-16-32)37-17-7-4-8-18-37/h9-14,19,23-24,33H,3-8,15-18,20-22,34H2,1-2H3,(H,35,38). The Kier molecular flexibility index (Phi) is 8.78. The van der Waals surface area contributed by atoms with Gasteiger partial charge in [0, 0.05) is 0 Å². The molecule has 6 nitrogen and oxygen atoms in total. The third kappa shape index (κ3) is 6.41. The third-order valence-electron chi connectivity index (χ3n) is 9.03. The zero-order chi connectivity index (χ0) is 27.4. The Labute approximate surface area is 235 Å². The normalized spacial score (nSPS) is 23.8. The molecule has 208 valence electrons. The van der Waals surface area contributed by atoms with Gasteiger partial charge in [0.25, 0.3) is 0 Å². The first kappa shape index (κ1) is 27.9. The van der Waals surface area contributed by atoms with Crippen LogP contribution in [0.5, 0.6) is 0 Å². The molecule has 2 heterocycles. The Morgan fingerprint density at radius 3 is 2.23 bits per heavy atom. The predicted octanol–water partition coefficient (Wildman–Crippen LogP) is 4.27. The number of nitrogen functional groups attached to an aromatic ring is 1. The Bertz CT molecular complexity index is 1150. The van der Waals surface area contributed by atoms with Crippen molar-refractivity contribution in [2.24, 2.45) is 0 Å². The van der Waals surface area contributed by atoms with Crippen LogP contribution < -0.4 is 16.0 Å². The number of likely N-dealkylation sites (tertiary alicyclic amines) is 1. The minimum absolute atomic E-state index is 0.0306. The summed E-state index contributed by atoms with van der Waals surface area (Å²) in [6.45, 7) is 9.03. The Balaban J connectivity index is 1.28. The van der Waals surface area contributed by atoms with Gasteiger partial charge in [0.05, 0.1) is 0 Å². The van der Waals surface area contributed by atoms with Crippen molar-refractivity contribution in [2.45, 2.75) is 83.0 Å². The zero-order valence-electron chi connectivity index (χ0n) is 23.9. The molecule has 2 aliphatic heterocycles. The van der Waals surface area contributed by atoms with Gasteiger partial charge in [-0.3, -0.25) is 0 Å². The predicted molar refractivity (Wildman–Crippen MR) is 163 cm³/mol. The summed E-state index contributed by atoms with van der Waals surface area (Å²) < 4.78 is 5.88. The van der Waals surface area contributed by atoms with Gasteiger partial charge in [-0.15, -0.1) is 0 Å². The molecule has 1 amide bonds. The number of anilines is 2. The summed E-state index contributed by atoms with van der Waals surface area (Å²) in [5.74, 6) is -0.0306. The topological polar surface area (TPSA) is 70.8 Å². The molecule has 3 fully saturated rings. The van der Waals surface area contributed by atoms with Gasteiger partial charge in [-0.05, 0) is 0 Å². The van der Waals surface area contributed by atoms with Crippen molar-refractivity contribution >= 4 is 30.2 Å². The first-order chi connectivity index (χ1) is 18.8. The maximum atomic E-state index is 13.4. The van der Waals surface area contributed by atoms with E-state index in [1.165, 1.54) is 57.1 Å². The fourth-order valence-corrected chi connectivity index (χ4v) is 6.91. The Morgan fingerprint density at radius 2 is 1.56 bits per heavy atom. The van der Waals surface area contributed by atoms with Gasteiger partial charge in [0.15, 0.2) is 0 Å². The average Bonchev–Trinajstić information content (AvgIpc) is 2.96. The fraction of sp³-hybridized carbons (Fsp3) is 0.562. The molecule has 1 saturated carbocycles. The molecule has 3 aliphatic rings. The van der Waals surface area contributed by atoms with Gasteiger partial charge in [-0.1, -0.05) is 0 Å². The number of hydrogen-bond donors (Lipinski definition) is 2. The van der Waals surface area contributed by atoms with E-state index >= 15 is 0 Å². The van der Waals surface area contributed by atoms with E-state index in [1.54, 1.807) is 0 Å². The van der Waals surface area contributed by atoms with Crippen LogP contribution >= 0.6 is 0 Å². The zero-order valence-corrected chi connectivity index (χ0v) is 23.9. The monoisotopic (exact) mass is 528 g/mol. The summed E-state index contributed by atoms with van der Waals surface area (Å²) in [5.41, 5.74) is 11.6. The molecule has 2 aromatic carbocycles. The molecule has 2 aromatic rings. The Hall–Kier alpha value is -2.64. The molecule has 1 aliphatic carbocycles. The van der Waals surface area contributed by atoms with Crippen LogP contribution in [0.1, 0.15) is 86.7 Å². The van der Waals surface area contributed by atoms with E-state index in [1.807, 2.05) is 18.2 Å². The number of piperidine rings is 1. The average molecular weight is 529 g/mol. The van der Waals surface area contributed by atoms with Gasteiger partial charge in [-0.25, -0.2) is 0 Å². The number of nitrogens with two attached hydrogens (primary N) is 1. The molecule has 0 radical (unpaired) electrons. The molecular formula is C32H45BN4O2. The molecule has 0 aromatic heterocycles. The van der Waals surface area contributed by atoms with Crippen molar-refractivity contribution in [1.82, 2.24) is 10.2 Å². The molecule has 2 unspecified atom stereocenters. The number of amides is 1. The first-order valence-electron chi connectivity index (χ1n) is 15.0. The van der Waals surface area contributed by atoms with Crippen LogP contribution in [0.15, 0.2) is 42.5 Å². The number of hydrogen-bond acceptors (Lipinski definition) is 5. The first-order valence-corrected chi connectivity index (χ1v) is 15.0. The third-order valence-corrected chi connectivity index (χ3v) is 9.03. The van der Waals surface area contributed by atoms with Gasteiger partial charge in [0.2, 0.25) is 0 Å². The number of nitrogens with zero attached hydrogens (tertiary/aromatic N) is 2. The van der Waals surface area contributed by atoms with E-state index in [0.29, 0.717) is 17.8 Å². The van der Waals surface area contributed by atoms with Crippen LogP contribution in [0.2, 0.25) is 0 Å². The maximum absolute atomic E-state index is 13.4. The summed E-state index contributed by atoms with van der Waals surface area (Å²) >= 11 is 0. The van der Waals surface area contributed by atoms with Gasteiger partial charge in [0.1, 0.15) is 0 Å². The van der Waals surface area contributed by atoms with Crippen LogP contribution in [-0.2, 0) is 4.74 Å². The second-order valence-electron chi connectivity index (χ2n) is 12.0. The number of ether oxygens (including phenoxy) is 1. The summed E-state index contributed by atoms with van der Waals surface area (Å²) in [7, 11) is 4.36. The van der Waals surface area contributed by atoms with Crippen molar-refractivity contribution in [2.75, 3.05) is 43.4 Å². The second-order valence-corrected chi connectivity index (χ2v) is 12.0. The van der Waals surface area contributed by atoms with E-state index in [2.05, 4.69) is 60.7 Å². The summed E-state index contributed by atoms with van der Waals surface area (Å²) in [6, 6.07) is 14.0. The molecule has 2 atom stereocenters. The summed E-state index contributed by atoms with van der Waals surface area (Å²) in [5, 5.41) is 3.32. The van der Waals surface area contributed by atoms with E-state index in [4.69, 9.17) is 10.5 Å². The van der Waals surface area contributed by atoms with E-state index < -0.39 is 0 Å². The van der Waals surface area contributed by atoms with Crippen LogP contribution in [0.3, 0.4) is 0 Å². The van der Waals surface area contributed by atoms with E-state index in [9.17, 15) is 4.79 Å². The van der Waals surface area contributed by atoms with Crippen LogP contribution in [0.4, 0.5) is 11.4 Å². The summed E-state index contributed by atoms with van der Waals surface area (Å²) in [4.78, 5) is 18.4. The fourth-order valence-electron chi connectivity index (χ4n) is 6.91. The van der Waals surface area contributed by atoms with Gasteiger partial charge in [-0.2, -0.15) is 0 Å². The van der Waals surface area contributed by atoms with Crippen LogP contribution in [0, 0.1) is 0 Å². The summed E-state index contributed by atoms with van der Waals surface area (Å²) in [6.07, 6.45) is 10.4. The minimum atomic E-state index is -0.0306. The molecule has 2 saturated heterocycles. The molecule has 5 rings (SSSR count). The molecule has 0 bridgehead atoms. The molecule has 0 spiro atoms. The SMILES string of the molecule is B=C(c1ccc(N2CC(C)OC(C)C2)cc1)c1cc(C(=O)NCC2(N3CCCCC3)CCCCC2)ccc1N. The second kappa shape index (κ2) is 12.3. The van der Waals surface area contributed by atoms with Crippen molar-refractivity contribution in [3.8, 4) is 0 Å². The molecular weight excluding hydrogens is 483 g/mol. The van der Waals surface area contributed by atoms with Crippen molar-refractivity contribution in [3.05, 3.63) is 59.2 Å². The number of carbonyl (C=O) groups excluding carboxylic acids is 1. The quantitative estimate of drug-likeness (QED) is 0.415. The molecule has 39 heavy (non-hydrogen) atoms. The number of rotatable bonds is 7. The van der Waals surface area contributed by atoms with Crippen molar-refractivity contribution in [1.29, 1.82) is 0 Å².